The maximum atomic E-state index is 12.6. The second-order valence-electron chi connectivity index (χ2n) is 7.57. The van der Waals surface area contributed by atoms with Crippen molar-refractivity contribution in [3.8, 4) is 11.5 Å². The van der Waals surface area contributed by atoms with Gasteiger partial charge < -0.3 is 19.2 Å². The van der Waals surface area contributed by atoms with Crippen LogP contribution in [0.15, 0.2) is 52.9 Å². The van der Waals surface area contributed by atoms with Crippen molar-refractivity contribution in [2.24, 2.45) is 0 Å². The minimum atomic E-state index is -0.595. The molecule has 8 nitrogen and oxygen atoms in total. The Morgan fingerprint density at radius 2 is 1.91 bits per heavy atom. The number of nitrogens with one attached hydrogen (secondary N) is 1. The van der Waals surface area contributed by atoms with E-state index in [2.05, 4.69) is 19.2 Å². The number of hydrogen-bond acceptors (Lipinski definition) is 6. The Morgan fingerprint density at radius 3 is 2.59 bits per heavy atom. The van der Waals surface area contributed by atoms with Gasteiger partial charge in [-0.05, 0) is 61.2 Å². The van der Waals surface area contributed by atoms with Crippen molar-refractivity contribution in [2.45, 2.75) is 40.2 Å². The summed E-state index contributed by atoms with van der Waals surface area (Å²) in [4.78, 5) is 23.4. The summed E-state index contributed by atoms with van der Waals surface area (Å²) in [6, 6.07) is 13.5. The van der Waals surface area contributed by atoms with Crippen LogP contribution in [0, 0.1) is 17.0 Å². The van der Waals surface area contributed by atoms with Gasteiger partial charge in [0.2, 0.25) is 0 Å². The third-order valence-corrected chi connectivity index (χ3v) is 4.77. The van der Waals surface area contributed by atoms with Crippen LogP contribution < -0.4 is 14.8 Å². The molecule has 0 aliphatic carbocycles. The van der Waals surface area contributed by atoms with Crippen molar-refractivity contribution < 1.29 is 23.6 Å². The summed E-state index contributed by atoms with van der Waals surface area (Å²) in [5.41, 5.74) is 1.96. The van der Waals surface area contributed by atoms with E-state index in [1.54, 1.807) is 19.1 Å². The molecule has 1 heterocycles. The lowest BCUT2D eigenvalue weighted by Gasteiger charge is -2.14. The Kier molecular flexibility index (Phi) is 7.14. The van der Waals surface area contributed by atoms with Gasteiger partial charge in [0.05, 0.1) is 17.6 Å². The first-order chi connectivity index (χ1) is 15.3. The summed E-state index contributed by atoms with van der Waals surface area (Å²) in [6.45, 7) is 8.48. The standard InChI is InChI=1S/C24H26N2O6/c1-5-30-17-7-10-20(21(13-17)26(28)29)25-24(27)22-11-8-18(32-22)14-31-23-12-16(4)6-9-19(23)15(2)3/h6-13,15H,5,14H2,1-4H3,(H,25,27). The average Bonchev–Trinajstić information content (AvgIpc) is 3.22. The zero-order chi connectivity index (χ0) is 23.3. The Morgan fingerprint density at radius 1 is 1.12 bits per heavy atom. The molecular weight excluding hydrogens is 412 g/mol. The van der Waals surface area contributed by atoms with Crippen molar-refractivity contribution in [1.29, 1.82) is 0 Å². The van der Waals surface area contributed by atoms with Crippen molar-refractivity contribution in [3.63, 3.8) is 0 Å². The topological polar surface area (TPSA) is 104 Å². The Bertz CT molecular complexity index is 1120. The SMILES string of the molecule is CCOc1ccc(NC(=O)c2ccc(COc3cc(C)ccc3C(C)C)o2)c([N+](=O)[O-])c1. The molecule has 0 bridgehead atoms. The van der Waals surface area contributed by atoms with Gasteiger partial charge in [-0.25, -0.2) is 0 Å². The summed E-state index contributed by atoms with van der Waals surface area (Å²) in [7, 11) is 0. The molecule has 0 spiro atoms. The van der Waals surface area contributed by atoms with E-state index in [4.69, 9.17) is 13.9 Å². The lowest BCUT2D eigenvalue weighted by molar-refractivity contribution is -0.384. The molecule has 3 aromatic rings. The molecule has 168 valence electrons. The Labute approximate surface area is 186 Å². The summed E-state index contributed by atoms with van der Waals surface area (Å²) in [6.07, 6.45) is 0. The molecule has 1 N–H and O–H groups in total. The number of nitro benzene ring substituents is 1. The van der Waals surface area contributed by atoms with Crippen molar-refractivity contribution in [1.82, 2.24) is 0 Å². The summed E-state index contributed by atoms with van der Waals surface area (Å²) >= 11 is 0. The molecule has 0 aliphatic heterocycles. The number of carbonyl (C=O) groups excluding carboxylic acids is 1. The van der Waals surface area contributed by atoms with Crippen molar-refractivity contribution in [2.75, 3.05) is 11.9 Å². The minimum absolute atomic E-state index is 0.0279. The third-order valence-electron chi connectivity index (χ3n) is 4.77. The number of amides is 1. The molecule has 1 amide bonds. The largest absolute Gasteiger partial charge is 0.494 e. The minimum Gasteiger partial charge on any atom is -0.494 e. The second-order valence-corrected chi connectivity index (χ2v) is 7.57. The van der Waals surface area contributed by atoms with E-state index in [1.165, 1.54) is 18.2 Å². The Balaban J connectivity index is 1.71. The van der Waals surface area contributed by atoms with Crippen LogP contribution in [0.25, 0.3) is 0 Å². The van der Waals surface area contributed by atoms with Gasteiger partial charge in [-0.3, -0.25) is 14.9 Å². The first kappa shape index (κ1) is 22.9. The number of hydrogen-bond donors (Lipinski definition) is 1. The van der Waals surface area contributed by atoms with Crippen LogP contribution in [-0.2, 0) is 6.61 Å². The number of rotatable bonds is 9. The van der Waals surface area contributed by atoms with Crippen LogP contribution in [-0.4, -0.2) is 17.4 Å². The molecule has 0 fully saturated rings. The molecule has 8 heteroatoms. The molecular formula is C24H26N2O6. The number of nitrogens with zero attached hydrogens (tertiary/aromatic N) is 1. The summed E-state index contributed by atoms with van der Waals surface area (Å²) in [5, 5.41) is 13.9. The molecule has 0 saturated heterocycles. The second kappa shape index (κ2) is 10.00. The highest BCUT2D eigenvalue weighted by Gasteiger charge is 2.20. The normalized spacial score (nSPS) is 10.8. The third kappa shape index (κ3) is 5.46. The first-order valence-corrected chi connectivity index (χ1v) is 10.3. The number of benzene rings is 2. The predicted molar refractivity (Wildman–Crippen MR) is 121 cm³/mol. The van der Waals surface area contributed by atoms with E-state index >= 15 is 0 Å². The smallest absolute Gasteiger partial charge is 0.296 e. The quantitative estimate of drug-likeness (QED) is 0.332. The van der Waals surface area contributed by atoms with Gasteiger partial charge in [0, 0.05) is 0 Å². The van der Waals surface area contributed by atoms with Gasteiger partial charge in [-0.15, -0.1) is 0 Å². The fourth-order valence-corrected chi connectivity index (χ4v) is 3.18. The molecule has 1 aromatic heterocycles. The van der Waals surface area contributed by atoms with Crippen LogP contribution in [0.5, 0.6) is 11.5 Å². The fourth-order valence-electron chi connectivity index (χ4n) is 3.18. The van der Waals surface area contributed by atoms with Crippen LogP contribution >= 0.6 is 0 Å². The van der Waals surface area contributed by atoms with E-state index in [9.17, 15) is 14.9 Å². The molecule has 0 unspecified atom stereocenters. The van der Waals surface area contributed by atoms with Crippen LogP contribution in [0.2, 0.25) is 0 Å². The van der Waals surface area contributed by atoms with Crippen molar-refractivity contribution >= 4 is 17.3 Å². The van der Waals surface area contributed by atoms with E-state index < -0.39 is 10.8 Å². The fraction of sp³-hybridized carbons (Fsp3) is 0.292. The van der Waals surface area contributed by atoms with E-state index in [-0.39, 0.29) is 23.7 Å². The summed E-state index contributed by atoms with van der Waals surface area (Å²) in [5.74, 6) is 1.32. The van der Waals surface area contributed by atoms with Crippen LogP contribution in [0.4, 0.5) is 11.4 Å². The number of furan rings is 1. The monoisotopic (exact) mass is 438 g/mol. The zero-order valence-corrected chi connectivity index (χ0v) is 18.5. The van der Waals surface area contributed by atoms with Gasteiger partial charge >= 0.3 is 0 Å². The van der Waals surface area contributed by atoms with Gasteiger partial charge in [-0.2, -0.15) is 0 Å². The molecule has 32 heavy (non-hydrogen) atoms. The zero-order valence-electron chi connectivity index (χ0n) is 18.5. The van der Waals surface area contributed by atoms with E-state index in [0.29, 0.717) is 24.0 Å². The molecule has 0 saturated carbocycles. The molecule has 2 aromatic carbocycles. The van der Waals surface area contributed by atoms with Gasteiger partial charge in [0.15, 0.2) is 5.76 Å². The maximum absolute atomic E-state index is 12.6. The number of aryl methyl sites for hydroxylation is 1. The van der Waals surface area contributed by atoms with Gasteiger partial charge in [0.25, 0.3) is 11.6 Å². The number of carbonyl (C=O) groups is 1. The van der Waals surface area contributed by atoms with Gasteiger partial charge in [-0.1, -0.05) is 26.0 Å². The first-order valence-electron chi connectivity index (χ1n) is 10.3. The number of ether oxygens (including phenoxy) is 2. The maximum Gasteiger partial charge on any atom is 0.296 e. The molecule has 0 atom stereocenters. The predicted octanol–water partition coefficient (Wildman–Crippen LogP) is 5.85. The number of anilines is 1. The Hall–Kier alpha value is -3.81. The van der Waals surface area contributed by atoms with E-state index in [0.717, 1.165) is 16.9 Å². The van der Waals surface area contributed by atoms with Crippen molar-refractivity contribution in [3.05, 3.63) is 81.3 Å². The highest BCUT2D eigenvalue weighted by molar-refractivity contribution is 6.03. The van der Waals surface area contributed by atoms with Crippen LogP contribution in [0.1, 0.15) is 54.1 Å². The lowest BCUT2D eigenvalue weighted by Crippen LogP contribution is -2.12. The average molecular weight is 438 g/mol. The van der Waals surface area contributed by atoms with Gasteiger partial charge in [0.1, 0.15) is 29.6 Å². The highest BCUT2D eigenvalue weighted by Crippen LogP contribution is 2.30. The molecule has 0 radical (unpaired) electrons. The lowest BCUT2D eigenvalue weighted by atomic mass is 10.0. The van der Waals surface area contributed by atoms with Crippen LogP contribution in [0.3, 0.4) is 0 Å². The molecule has 0 aliphatic rings. The highest BCUT2D eigenvalue weighted by atomic mass is 16.6. The summed E-state index contributed by atoms with van der Waals surface area (Å²) < 4.78 is 16.8. The molecule has 3 rings (SSSR count). The van der Waals surface area contributed by atoms with E-state index in [1.807, 2.05) is 25.1 Å². The number of nitro groups is 1.